The number of anilines is 1. The number of hydrogen-bond acceptors (Lipinski definition) is 5. The van der Waals surface area contributed by atoms with Crippen molar-refractivity contribution in [1.82, 2.24) is 19.7 Å². The van der Waals surface area contributed by atoms with Gasteiger partial charge in [-0.1, -0.05) is 12.8 Å². The molecule has 7 nitrogen and oxygen atoms in total. The monoisotopic (exact) mass is 344 g/mol. The van der Waals surface area contributed by atoms with Crippen molar-refractivity contribution in [2.75, 3.05) is 5.32 Å². The van der Waals surface area contributed by atoms with Crippen LogP contribution < -0.4 is 11.1 Å². The molecule has 1 aliphatic carbocycles. The molecule has 120 valence electrons. The molecule has 2 aromatic rings. The molecule has 1 aliphatic rings. The molecule has 22 heavy (non-hydrogen) atoms. The summed E-state index contributed by atoms with van der Waals surface area (Å²) in [5, 5.41) is 6.81. The van der Waals surface area contributed by atoms with Gasteiger partial charge in [-0.15, -0.1) is 24.8 Å². The van der Waals surface area contributed by atoms with Gasteiger partial charge < -0.3 is 11.1 Å². The number of carbonyl (C=O) groups is 1. The third-order valence-electron chi connectivity index (χ3n) is 3.61. The number of nitrogens with two attached hydrogens (primary N) is 1. The van der Waals surface area contributed by atoms with Crippen LogP contribution in [0.25, 0.3) is 5.82 Å². The summed E-state index contributed by atoms with van der Waals surface area (Å²) in [6.07, 6.45) is 8.09. The fraction of sp³-hybridized carbons (Fsp3) is 0.385. The maximum atomic E-state index is 12.2. The van der Waals surface area contributed by atoms with E-state index in [-0.39, 0.29) is 30.7 Å². The highest BCUT2D eigenvalue weighted by molar-refractivity contribution is 5.98. The summed E-state index contributed by atoms with van der Waals surface area (Å²) in [6.45, 7) is 0. The first kappa shape index (κ1) is 18.3. The van der Waals surface area contributed by atoms with Crippen molar-refractivity contribution in [3.63, 3.8) is 0 Å². The predicted molar refractivity (Wildman–Crippen MR) is 87.7 cm³/mol. The van der Waals surface area contributed by atoms with Gasteiger partial charge in [-0.3, -0.25) is 4.79 Å². The Morgan fingerprint density at radius 1 is 1.27 bits per heavy atom. The maximum absolute atomic E-state index is 12.2. The molecule has 1 fully saturated rings. The van der Waals surface area contributed by atoms with Crippen LogP contribution in [0.4, 0.5) is 5.69 Å². The minimum atomic E-state index is -0.732. The van der Waals surface area contributed by atoms with E-state index in [0.29, 0.717) is 11.5 Å². The lowest BCUT2D eigenvalue weighted by Crippen LogP contribution is -2.48. The summed E-state index contributed by atoms with van der Waals surface area (Å²) >= 11 is 0. The standard InChI is InChI=1S/C13H16N6O.2ClH/c14-13(5-1-2-6-13)12(20)18-10-3-4-11(16-7-10)19-9-15-8-17-19;;/h3-4,7-9H,1-2,5-6,14H2,(H,18,20);2*1H. The van der Waals surface area contributed by atoms with Crippen LogP contribution in [0.15, 0.2) is 31.0 Å². The zero-order valence-corrected chi connectivity index (χ0v) is 13.4. The molecular weight excluding hydrogens is 327 g/mol. The second-order valence-corrected chi connectivity index (χ2v) is 5.06. The number of aromatic nitrogens is 4. The highest BCUT2D eigenvalue weighted by atomic mass is 35.5. The topological polar surface area (TPSA) is 98.7 Å². The van der Waals surface area contributed by atoms with E-state index >= 15 is 0 Å². The smallest absolute Gasteiger partial charge is 0.244 e. The fourth-order valence-corrected chi connectivity index (χ4v) is 2.41. The molecule has 9 heteroatoms. The molecule has 1 saturated carbocycles. The Morgan fingerprint density at radius 3 is 2.55 bits per heavy atom. The summed E-state index contributed by atoms with van der Waals surface area (Å²) < 4.78 is 1.55. The van der Waals surface area contributed by atoms with Crippen molar-refractivity contribution in [2.24, 2.45) is 5.73 Å². The summed E-state index contributed by atoms with van der Waals surface area (Å²) in [5.74, 6) is 0.508. The molecule has 0 saturated heterocycles. The molecule has 3 N–H and O–H groups in total. The molecule has 2 heterocycles. The molecule has 0 radical (unpaired) electrons. The minimum Gasteiger partial charge on any atom is -0.323 e. The zero-order chi connectivity index (χ0) is 14.0. The molecule has 2 aromatic heterocycles. The van der Waals surface area contributed by atoms with Crippen LogP contribution in [-0.4, -0.2) is 31.2 Å². The largest absolute Gasteiger partial charge is 0.323 e. The Morgan fingerprint density at radius 2 is 2.00 bits per heavy atom. The van der Waals surface area contributed by atoms with Gasteiger partial charge in [0.1, 0.15) is 12.7 Å². The Kier molecular flexibility index (Phi) is 6.28. The Balaban J connectivity index is 0.00000121. The molecular formula is C13H18Cl2N6O. The van der Waals surface area contributed by atoms with E-state index in [1.807, 2.05) is 0 Å². The first-order valence-corrected chi connectivity index (χ1v) is 6.59. The molecule has 0 unspecified atom stereocenters. The van der Waals surface area contributed by atoms with Crippen molar-refractivity contribution < 1.29 is 4.79 Å². The lowest BCUT2D eigenvalue weighted by atomic mass is 9.98. The van der Waals surface area contributed by atoms with Gasteiger partial charge in [0, 0.05) is 0 Å². The summed E-state index contributed by atoms with van der Waals surface area (Å²) in [6, 6.07) is 3.54. The number of nitrogens with zero attached hydrogens (tertiary/aromatic N) is 4. The molecule has 0 aliphatic heterocycles. The Labute approximate surface area is 140 Å². The highest BCUT2D eigenvalue weighted by Gasteiger charge is 2.36. The van der Waals surface area contributed by atoms with Gasteiger partial charge in [0.25, 0.3) is 0 Å². The number of rotatable bonds is 3. The number of halogens is 2. The molecule has 0 spiro atoms. The van der Waals surface area contributed by atoms with Crippen LogP contribution >= 0.6 is 24.8 Å². The number of carbonyl (C=O) groups excluding carboxylic acids is 1. The second-order valence-electron chi connectivity index (χ2n) is 5.06. The Bertz CT molecular complexity index is 596. The number of amides is 1. The van der Waals surface area contributed by atoms with Gasteiger partial charge in [0.2, 0.25) is 5.91 Å². The van der Waals surface area contributed by atoms with E-state index in [2.05, 4.69) is 20.4 Å². The predicted octanol–water partition coefficient (Wildman–Crippen LogP) is 1.72. The minimum absolute atomic E-state index is 0. The zero-order valence-electron chi connectivity index (χ0n) is 11.8. The van der Waals surface area contributed by atoms with Crippen LogP contribution in [0.1, 0.15) is 25.7 Å². The van der Waals surface area contributed by atoms with Crippen molar-refractivity contribution in [2.45, 2.75) is 31.2 Å². The van der Waals surface area contributed by atoms with E-state index in [1.165, 1.54) is 6.33 Å². The lowest BCUT2D eigenvalue weighted by molar-refractivity contribution is -0.121. The summed E-state index contributed by atoms with van der Waals surface area (Å²) in [5.41, 5.74) is 6.01. The van der Waals surface area contributed by atoms with Crippen LogP contribution in [0, 0.1) is 0 Å². The summed E-state index contributed by atoms with van der Waals surface area (Å²) in [7, 11) is 0. The van der Waals surface area contributed by atoms with E-state index in [4.69, 9.17) is 5.73 Å². The van der Waals surface area contributed by atoms with Gasteiger partial charge in [0.15, 0.2) is 5.82 Å². The van der Waals surface area contributed by atoms with Crippen molar-refractivity contribution in [1.29, 1.82) is 0 Å². The van der Waals surface area contributed by atoms with Crippen molar-refractivity contribution >= 4 is 36.4 Å². The fourth-order valence-electron chi connectivity index (χ4n) is 2.41. The maximum Gasteiger partial charge on any atom is 0.244 e. The van der Waals surface area contributed by atoms with E-state index < -0.39 is 5.54 Å². The number of pyridine rings is 1. The molecule has 0 aromatic carbocycles. The molecule has 0 atom stereocenters. The van der Waals surface area contributed by atoms with Gasteiger partial charge in [0.05, 0.1) is 17.4 Å². The van der Waals surface area contributed by atoms with Crippen molar-refractivity contribution in [3.05, 3.63) is 31.0 Å². The molecule has 3 rings (SSSR count). The number of nitrogens with one attached hydrogen (secondary N) is 1. The third-order valence-corrected chi connectivity index (χ3v) is 3.61. The van der Waals surface area contributed by atoms with Gasteiger partial charge in [-0.25, -0.2) is 14.6 Å². The SMILES string of the molecule is Cl.Cl.NC1(C(=O)Nc2ccc(-n3cncn3)nc2)CCCC1. The average Bonchev–Trinajstić information content (AvgIpc) is 3.11. The van der Waals surface area contributed by atoms with Crippen LogP contribution in [0.2, 0.25) is 0 Å². The lowest BCUT2D eigenvalue weighted by Gasteiger charge is -2.22. The second kappa shape index (κ2) is 7.53. The van der Waals surface area contributed by atoms with Gasteiger partial charge in [-0.2, -0.15) is 5.10 Å². The average molecular weight is 345 g/mol. The van der Waals surface area contributed by atoms with Crippen LogP contribution in [-0.2, 0) is 4.79 Å². The normalized spacial score (nSPS) is 15.5. The first-order valence-electron chi connectivity index (χ1n) is 6.59. The van der Waals surface area contributed by atoms with Gasteiger partial charge in [-0.05, 0) is 25.0 Å². The van der Waals surface area contributed by atoms with Crippen LogP contribution in [0.5, 0.6) is 0 Å². The third kappa shape index (κ3) is 3.73. The molecule has 0 bridgehead atoms. The van der Waals surface area contributed by atoms with Gasteiger partial charge >= 0.3 is 0 Å². The highest BCUT2D eigenvalue weighted by Crippen LogP contribution is 2.28. The quantitative estimate of drug-likeness (QED) is 0.882. The first-order chi connectivity index (χ1) is 9.67. The van der Waals surface area contributed by atoms with Crippen LogP contribution in [0.3, 0.4) is 0 Å². The van der Waals surface area contributed by atoms with E-state index in [1.54, 1.807) is 29.3 Å². The number of hydrogen-bond donors (Lipinski definition) is 2. The Hall–Kier alpha value is -1.70. The summed E-state index contributed by atoms with van der Waals surface area (Å²) in [4.78, 5) is 20.2. The van der Waals surface area contributed by atoms with E-state index in [9.17, 15) is 4.79 Å². The molecule has 1 amide bonds. The van der Waals surface area contributed by atoms with E-state index in [0.717, 1.165) is 25.7 Å². The van der Waals surface area contributed by atoms with Crippen molar-refractivity contribution in [3.8, 4) is 5.82 Å².